The summed E-state index contributed by atoms with van der Waals surface area (Å²) in [6.45, 7) is 8.90. The van der Waals surface area contributed by atoms with Crippen LogP contribution in [0.15, 0.2) is 40.2 Å². The number of piperazine rings is 1. The molecule has 4 heterocycles. The topological polar surface area (TPSA) is 84.9 Å². The Morgan fingerprint density at radius 1 is 1.06 bits per heavy atom. The van der Waals surface area contributed by atoms with E-state index < -0.39 is 0 Å². The quantitative estimate of drug-likeness (QED) is 0.627. The molecule has 8 nitrogen and oxygen atoms in total. The number of thiophene rings is 1. The summed E-state index contributed by atoms with van der Waals surface area (Å²) < 4.78 is 0. The molecule has 0 bridgehead atoms. The number of fused-ring (bicyclic) bond motifs is 1. The minimum absolute atomic E-state index is 0.0502. The summed E-state index contributed by atoms with van der Waals surface area (Å²) in [6.07, 6.45) is 0.794. The highest BCUT2D eigenvalue weighted by atomic mass is 32.1. The van der Waals surface area contributed by atoms with E-state index in [1.54, 1.807) is 16.3 Å². The molecule has 1 N–H and O–H groups in total. The van der Waals surface area contributed by atoms with E-state index in [9.17, 15) is 9.59 Å². The number of amides is 1. The van der Waals surface area contributed by atoms with Gasteiger partial charge in [-0.1, -0.05) is 30.3 Å². The van der Waals surface area contributed by atoms with Gasteiger partial charge in [-0.25, -0.2) is 9.99 Å². The third-order valence-electron chi connectivity index (χ3n) is 6.48. The van der Waals surface area contributed by atoms with Gasteiger partial charge < -0.3 is 4.98 Å². The highest BCUT2D eigenvalue weighted by Crippen LogP contribution is 2.25. The predicted molar refractivity (Wildman–Crippen MR) is 131 cm³/mol. The van der Waals surface area contributed by atoms with Crippen LogP contribution in [0.4, 0.5) is 0 Å². The molecule has 1 saturated heterocycles. The number of aryl methyl sites for hydroxylation is 2. The molecule has 0 radical (unpaired) electrons. The lowest BCUT2D eigenvalue weighted by atomic mass is 10.1. The van der Waals surface area contributed by atoms with E-state index in [2.05, 4.69) is 19.9 Å². The number of hydrogen-bond donors (Lipinski definition) is 1. The van der Waals surface area contributed by atoms with Crippen LogP contribution in [0.1, 0.15) is 28.2 Å². The minimum atomic E-state index is -0.0536. The fourth-order valence-electron chi connectivity index (χ4n) is 4.43. The van der Waals surface area contributed by atoms with Crippen LogP contribution in [-0.2, 0) is 11.3 Å². The summed E-state index contributed by atoms with van der Waals surface area (Å²) in [5.41, 5.74) is 3.02. The monoisotopic (exact) mass is 464 g/mol. The van der Waals surface area contributed by atoms with Crippen LogP contribution in [0.25, 0.3) is 10.2 Å². The van der Waals surface area contributed by atoms with Crippen LogP contribution in [0.3, 0.4) is 0 Å². The van der Waals surface area contributed by atoms with E-state index in [0.29, 0.717) is 30.8 Å². The summed E-state index contributed by atoms with van der Waals surface area (Å²) in [6, 6.07) is 10.0. The SMILES string of the molecule is Cc1sc2nc(CN3CCN(CC(=O)N4CCC(c5ccccc5)=N4)CC3)[nH]c(=O)c2c1C. The summed E-state index contributed by atoms with van der Waals surface area (Å²) in [4.78, 5) is 39.4. The summed E-state index contributed by atoms with van der Waals surface area (Å²) >= 11 is 1.58. The first kappa shape index (κ1) is 21.9. The van der Waals surface area contributed by atoms with Crippen molar-refractivity contribution in [1.29, 1.82) is 0 Å². The van der Waals surface area contributed by atoms with Crippen molar-refractivity contribution in [3.05, 3.63) is 62.5 Å². The van der Waals surface area contributed by atoms with Crippen LogP contribution in [0.5, 0.6) is 0 Å². The van der Waals surface area contributed by atoms with Gasteiger partial charge in [0.2, 0.25) is 0 Å². The first-order valence-electron chi connectivity index (χ1n) is 11.3. The molecule has 2 aliphatic heterocycles. The molecule has 0 unspecified atom stereocenters. The van der Waals surface area contributed by atoms with Gasteiger partial charge in [0.15, 0.2) is 0 Å². The van der Waals surface area contributed by atoms with Crippen molar-refractivity contribution in [2.75, 3.05) is 39.3 Å². The molecule has 0 saturated carbocycles. The first-order valence-corrected chi connectivity index (χ1v) is 12.2. The Balaban J connectivity index is 1.15. The van der Waals surface area contributed by atoms with Crippen molar-refractivity contribution in [3.63, 3.8) is 0 Å². The highest BCUT2D eigenvalue weighted by Gasteiger charge is 2.25. The van der Waals surface area contributed by atoms with E-state index >= 15 is 0 Å². The summed E-state index contributed by atoms with van der Waals surface area (Å²) in [5.74, 6) is 0.757. The average Bonchev–Trinajstić information content (AvgIpc) is 3.41. The van der Waals surface area contributed by atoms with Crippen molar-refractivity contribution >= 4 is 33.2 Å². The fourth-order valence-corrected chi connectivity index (χ4v) is 5.48. The van der Waals surface area contributed by atoms with Gasteiger partial charge in [0.25, 0.3) is 11.5 Å². The Kier molecular flexibility index (Phi) is 6.09. The molecule has 3 aromatic rings. The average molecular weight is 465 g/mol. The number of aromatic amines is 1. The molecular formula is C24H28N6O2S. The Hall–Kier alpha value is -2.88. The van der Waals surface area contributed by atoms with Gasteiger partial charge in [0, 0.05) is 37.5 Å². The number of carbonyl (C=O) groups excluding carboxylic acids is 1. The van der Waals surface area contributed by atoms with Crippen LogP contribution in [0, 0.1) is 13.8 Å². The first-order chi connectivity index (χ1) is 16.0. The molecule has 1 aromatic carbocycles. The Morgan fingerprint density at radius 3 is 2.55 bits per heavy atom. The van der Waals surface area contributed by atoms with Gasteiger partial charge in [-0.05, 0) is 25.0 Å². The standard InChI is InChI=1S/C24H28N6O2S/c1-16-17(2)33-24-22(16)23(32)25-20(26-24)14-28-10-12-29(13-11-28)15-21(31)30-9-8-19(27-30)18-6-4-3-5-7-18/h3-7H,8-15H2,1-2H3,(H,25,26,32). The Labute approximate surface area is 196 Å². The second-order valence-electron chi connectivity index (χ2n) is 8.71. The molecule has 2 aromatic heterocycles. The van der Waals surface area contributed by atoms with E-state index in [0.717, 1.165) is 59.1 Å². The summed E-state index contributed by atoms with van der Waals surface area (Å²) in [5, 5.41) is 6.89. The lowest BCUT2D eigenvalue weighted by Gasteiger charge is -2.34. The zero-order chi connectivity index (χ0) is 22.9. The lowest BCUT2D eigenvalue weighted by molar-refractivity contribution is -0.132. The number of H-pyrrole nitrogens is 1. The highest BCUT2D eigenvalue weighted by molar-refractivity contribution is 7.18. The largest absolute Gasteiger partial charge is 0.309 e. The molecule has 33 heavy (non-hydrogen) atoms. The van der Waals surface area contributed by atoms with E-state index in [1.165, 1.54) is 0 Å². The van der Waals surface area contributed by atoms with Gasteiger partial charge >= 0.3 is 0 Å². The van der Waals surface area contributed by atoms with Gasteiger partial charge in [0.05, 0.1) is 30.7 Å². The van der Waals surface area contributed by atoms with Crippen LogP contribution < -0.4 is 5.56 Å². The molecule has 1 amide bonds. The molecule has 2 aliphatic rings. The Bertz CT molecular complexity index is 1260. The van der Waals surface area contributed by atoms with Crippen LogP contribution in [0.2, 0.25) is 0 Å². The fraction of sp³-hybridized carbons (Fsp3) is 0.417. The molecule has 9 heteroatoms. The normalized spacial score (nSPS) is 17.6. The number of aromatic nitrogens is 2. The molecule has 0 atom stereocenters. The van der Waals surface area contributed by atoms with Crippen molar-refractivity contribution in [3.8, 4) is 0 Å². The number of nitrogens with one attached hydrogen (secondary N) is 1. The molecular weight excluding hydrogens is 436 g/mol. The maximum Gasteiger partial charge on any atom is 0.259 e. The predicted octanol–water partition coefficient (Wildman–Crippen LogP) is 2.36. The minimum Gasteiger partial charge on any atom is -0.309 e. The number of carbonyl (C=O) groups is 1. The van der Waals surface area contributed by atoms with Gasteiger partial charge in [-0.3, -0.25) is 19.4 Å². The van der Waals surface area contributed by atoms with Crippen LogP contribution in [-0.4, -0.2) is 75.7 Å². The second-order valence-corrected chi connectivity index (χ2v) is 9.91. The van der Waals surface area contributed by atoms with Gasteiger partial charge in [0.1, 0.15) is 10.7 Å². The number of hydrogen-bond acceptors (Lipinski definition) is 7. The number of rotatable bonds is 5. The van der Waals surface area contributed by atoms with E-state index in [-0.39, 0.29) is 11.5 Å². The van der Waals surface area contributed by atoms with Crippen molar-refractivity contribution in [1.82, 2.24) is 24.8 Å². The number of nitrogens with zero attached hydrogens (tertiary/aromatic N) is 5. The maximum atomic E-state index is 12.8. The number of benzene rings is 1. The number of hydrazone groups is 1. The third kappa shape index (κ3) is 4.62. The van der Waals surface area contributed by atoms with Crippen molar-refractivity contribution in [2.24, 2.45) is 5.10 Å². The second kappa shape index (κ2) is 9.17. The van der Waals surface area contributed by atoms with E-state index in [4.69, 9.17) is 4.98 Å². The molecule has 172 valence electrons. The van der Waals surface area contributed by atoms with Crippen molar-refractivity contribution in [2.45, 2.75) is 26.8 Å². The molecule has 0 spiro atoms. The molecule has 0 aliphatic carbocycles. The molecule has 1 fully saturated rings. The Morgan fingerprint density at radius 2 is 1.79 bits per heavy atom. The zero-order valence-corrected chi connectivity index (χ0v) is 19.8. The summed E-state index contributed by atoms with van der Waals surface area (Å²) in [7, 11) is 0. The van der Waals surface area contributed by atoms with E-state index in [1.807, 2.05) is 44.2 Å². The van der Waals surface area contributed by atoms with Crippen LogP contribution >= 0.6 is 11.3 Å². The zero-order valence-electron chi connectivity index (χ0n) is 19.0. The third-order valence-corrected chi connectivity index (χ3v) is 7.58. The lowest BCUT2D eigenvalue weighted by Crippen LogP contribution is -2.49. The van der Waals surface area contributed by atoms with Gasteiger partial charge in [-0.2, -0.15) is 5.10 Å². The van der Waals surface area contributed by atoms with Gasteiger partial charge in [-0.15, -0.1) is 11.3 Å². The molecule has 5 rings (SSSR count). The maximum absolute atomic E-state index is 12.8. The smallest absolute Gasteiger partial charge is 0.259 e. The van der Waals surface area contributed by atoms with Crippen molar-refractivity contribution < 1.29 is 4.79 Å².